The Labute approximate surface area is 192 Å². The Morgan fingerprint density at radius 1 is 1.19 bits per heavy atom. The number of methoxy groups -OCH3 is 1. The number of carbonyl (C=O) groups is 1. The van der Waals surface area contributed by atoms with Gasteiger partial charge in [0, 0.05) is 43.8 Å². The summed E-state index contributed by atoms with van der Waals surface area (Å²) in [5.74, 6) is 0.522. The number of ether oxygens (including phenoxy) is 2. The molecule has 1 N–H and O–H groups in total. The minimum atomic E-state index is -3.78. The molecule has 8 nitrogen and oxygen atoms in total. The maximum atomic E-state index is 13.5. The zero-order chi connectivity index (χ0) is 23.5. The third-order valence-corrected chi connectivity index (χ3v) is 8.28. The zero-order valence-electron chi connectivity index (χ0n) is 19.9. The SMILES string of the molecule is COc1ccc(C(=O)NCC(C)(C)N2CCOCC2)cc1S(=O)(=O)N1C[C@@H](C)C[C@H](C)C1. The van der Waals surface area contributed by atoms with Crippen molar-refractivity contribution in [2.75, 3.05) is 53.0 Å². The van der Waals surface area contributed by atoms with Gasteiger partial charge in [-0.25, -0.2) is 8.42 Å². The first-order chi connectivity index (χ1) is 15.0. The first kappa shape index (κ1) is 25.0. The highest BCUT2D eigenvalue weighted by Crippen LogP contribution is 2.32. The van der Waals surface area contributed by atoms with Crippen LogP contribution < -0.4 is 10.1 Å². The molecule has 9 heteroatoms. The molecule has 1 amide bonds. The van der Waals surface area contributed by atoms with Gasteiger partial charge in [0.1, 0.15) is 10.6 Å². The smallest absolute Gasteiger partial charge is 0.251 e. The lowest BCUT2D eigenvalue weighted by atomic mass is 9.94. The molecule has 2 fully saturated rings. The van der Waals surface area contributed by atoms with Crippen LogP contribution >= 0.6 is 0 Å². The number of sulfonamides is 1. The average Bonchev–Trinajstić information content (AvgIpc) is 2.77. The molecule has 2 aliphatic heterocycles. The highest BCUT2D eigenvalue weighted by molar-refractivity contribution is 7.89. The minimum absolute atomic E-state index is 0.0430. The van der Waals surface area contributed by atoms with E-state index in [1.54, 1.807) is 12.1 Å². The Bertz CT molecular complexity index is 902. The Morgan fingerprint density at radius 2 is 1.81 bits per heavy atom. The molecule has 180 valence electrons. The number of piperidine rings is 1. The Morgan fingerprint density at radius 3 is 2.41 bits per heavy atom. The molecule has 0 unspecified atom stereocenters. The summed E-state index contributed by atoms with van der Waals surface area (Å²) < 4.78 is 39.2. The van der Waals surface area contributed by atoms with Gasteiger partial charge < -0.3 is 14.8 Å². The quantitative estimate of drug-likeness (QED) is 0.662. The van der Waals surface area contributed by atoms with Crippen molar-refractivity contribution in [3.05, 3.63) is 23.8 Å². The number of rotatable bonds is 7. The third kappa shape index (κ3) is 5.62. The number of hydrogen-bond acceptors (Lipinski definition) is 6. The normalized spacial score (nSPS) is 23.7. The summed E-state index contributed by atoms with van der Waals surface area (Å²) in [5, 5.41) is 2.98. The van der Waals surface area contributed by atoms with Gasteiger partial charge in [0.2, 0.25) is 10.0 Å². The third-order valence-electron chi connectivity index (χ3n) is 6.43. The van der Waals surface area contributed by atoms with E-state index < -0.39 is 10.0 Å². The maximum absolute atomic E-state index is 13.5. The molecule has 0 radical (unpaired) electrons. The molecule has 3 rings (SSSR count). The van der Waals surface area contributed by atoms with Crippen LogP contribution in [-0.4, -0.2) is 82.1 Å². The van der Waals surface area contributed by atoms with E-state index in [0.29, 0.717) is 38.4 Å². The standard InChI is InChI=1S/C23H37N3O5S/c1-17-12-18(2)15-26(14-17)32(28,29)21-13-19(6-7-20(21)30-5)22(27)24-16-23(3,4)25-8-10-31-11-9-25/h6-7,13,17-18H,8-12,14-16H2,1-5H3,(H,24,27)/t17-,18-/m0/s1. The number of nitrogens with zero attached hydrogens (tertiary/aromatic N) is 2. The molecule has 2 atom stereocenters. The molecular formula is C23H37N3O5S. The molecule has 2 heterocycles. The van der Waals surface area contributed by atoms with Crippen molar-refractivity contribution in [1.82, 2.24) is 14.5 Å². The van der Waals surface area contributed by atoms with Gasteiger partial charge in [-0.15, -0.1) is 0 Å². The van der Waals surface area contributed by atoms with Crippen LogP contribution in [0, 0.1) is 11.8 Å². The number of hydrogen-bond donors (Lipinski definition) is 1. The van der Waals surface area contributed by atoms with Crippen LogP contribution in [0.2, 0.25) is 0 Å². The molecule has 2 saturated heterocycles. The number of benzene rings is 1. The van der Waals surface area contributed by atoms with Crippen LogP contribution in [0.4, 0.5) is 0 Å². The van der Waals surface area contributed by atoms with Gasteiger partial charge in [-0.2, -0.15) is 4.31 Å². The summed E-state index contributed by atoms with van der Waals surface area (Å²) in [7, 11) is -2.34. The average molecular weight is 468 g/mol. The largest absolute Gasteiger partial charge is 0.495 e. The van der Waals surface area contributed by atoms with Gasteiger partial charge in [-0.1, -0.05) is 13.8 Å². The molecule has 32 heavy (non-hydrogen) atoms. The Hall–Kier alpha value is -1.68. The summed E-state index contributed by atoms with van der Waals surface area (Å²) in [4.78, 5) is 15.3. The van der Waals surface area contributed by atoms with Crippen molar-refractivity contribution in [3.8, 4) is 5.75 Å². The van der Waals surface area contributed by atoms with E-state index in [4.69, 9.17) is 9.47 Å². The first-order valence-corrected chi connectivity index (χ1v) is 12.8. The number of nitrogens with one attached hydrogen (secondary N) is 1. The maximum Gasteiger partial charge on any atom is 0.251 e. The molecule has 1 aromatic rings. The van der Waals surface area contributed by atoms with Crippen LogP contribution in [0.5, 0.6) is 5.75 Å². The monoisotopic (exact) mass is 467 g/mol. The molecule has 0 spiro atoms. The van der Waals surface area contributed by atoms with Crippen LogP contribution in [0.3, 0.4) is 0 Å². The second-order valence-corrected chi connectivity index (χ2v) is 11.6. The Balaban J connectivity index is 1.78. The summed E-state index contributed by atoms with van der Waals surface area (Å²) in [6, 6.07) is 4.61. The minimum Gasteiger partial charge on any atom is -0.495 e. The van der Waals surface area contributed by atoms with Gasteiger partial charge in [0.25, 0.3) is 5.91 Å². The fraction of sp³-hybridized carbons (Fsp3) is 0.696. The first-order valence-electron chi connectivity index (χ1n) is 11.3. The van der Waals surface area contributed by atoms with Crippen molar-refractivity contribution in [1.29, 1.82) is 0 Å². The molecule has 0 aliphatic carbocycles. The predicted molar refractivity (Wildman–Crippen MR) is 124 cm³/mol. The van der Waals surface area contributed by atoms with E-state index in [2.05, 4.69) is 37.9 Å². The van der Waals surface area contributed by atoms with Crippen molar-refractivity contribution < 1.29 is 22.7 Å². The summed E-state index contributed by atoms with van der Waals surface area (Å²) in [6.07, 6.45) is 1.00. The van der Waals surface area contributed by atoms with Crippen molar-refractivity contribution in [2.45, 2.75) is 44.6 Å². The molecule has 2 aliphatic rings. The van der Waals surface area contributed by atoms with Crippen molar-refractivity contribution >= 4 is 15.9 Å². The fourth-order valence-corrected chi connectivity index (χ4v) is 6.50. The summed E-state index contributed by atoms with van der Waals surface area (Å²) >= 11 is 0. The van der Waals surface area contributed by atoms with E-state index >= 15 is 0 Å². The highest BCUT2D eigenvalue weighted by atomic mass is 32.2. The molecular weight excluding hydrogens is 430 g/mol. The van der Waals surface area contributed by atoms with Crippen molar-refractivity contribution in [2.24, 2.45) is 11.8 Å². The van der Waals surface area contributed by atoms with Gasteiger partial charge in [-0.3, -0.25) is 9.69 Å². The van der Waals surface area contributed by atoms with Crippen LogP contribution in [0.1, 0.15) is 44.5 Å². The van der Waals surface area contributed by atoms with Gasteiger partial charge in [-0.05, 0) is 50.3 Å². The second kappa shape index (κ2) is 10.1. The lowest BCUT2D eigenvalue weighted by Crippen LogP contribution is -2.55. The number of carbonyl (C=O) groups excluding carboxylic acids is 1. The number of amides is 1. The fourth-order valence-electron chi connectivity index (χ4n) is 4.64. The van der Waals surface area contributed by atoms with Crippen molar-refractivity contribution in [3.63, 3.8) is 0 Å². The number of morpholine rings is 1. The highest BCUT2D eigenvalue weighted by Gasteiger charge is 2.34. The second-order valence-electron chi connectivity index (χ2n) is 9.73. The Kier molecular flexibility index (Phi) is 7.85. The van der Waals surface area contributed by atoms with Crippen LogP contribution in [0.25, 0.3) is 0 Å². The van der Waals surface area contributed by atoms with Gasteiger partial charge >= 0.3 is 0 Å². The van der Waals surface area contributed by atoms with E-state index in [0.717, 1.165) is 19.5 Å². The molecule has 0 saturated carbocycles. The lowest BCUT2D eigenvalue weighted by Gasteiger charge is -2.40. The van der Waals surface area contributed by atoms with E-state index in [9.17, 15) is 13.2 Å². The van der Waals surface area contributed by atoms with Crippen LogP contribution in [-0.2, 0) is 14.8 Å². The predicted octanol–water partition coefficient (Wildman–Crippen LogP) is 2.20. The van der Waals surface area contributed by atoms with E-state index in [1.807, 2.05) is 0 Å². The molecule has 0 bridgehead atoms. The lowest BCUT2D eigenvalue weighted by molar-refractivity contribution is -0.00923. The van der Waals surface area contributed by atoms with Crippen LogP contribution in [0.15, 0.2) is 23.1 Å². The van der Waals surface area contributed by atoms with Gasteiger partial charge in [0.15, 0.2) is 0 Å². The summed E-state index contributed by atoms with van der Waals surface area (Å²) in [5.41, 5.74) is 0.0706. The van der Waals surface area contributed by atoms with Gasteiger partial charge in [0.05, 0.1) is 20.3 Å². The van der Waals surface area contributed by atoms with E-state index in [-0.39, 0.29) is 33.9 Å². The topological polar surface area (TPSA) is 88.2 Å². The molecule has 1 aromatic carbocycles. The van der Waals surface area contributed by atoms with E-state index in [1.165, 1.54) is 17.5 Å². The summed E-state index contributed by atoms with van der Waals surface area (Å²) in [6.45, 7) is 12.7. The zero-order valence-corrected chi connectivity index (χ0v) is 20.7. The molecule has 0 aromatic heterocycles.